The van der Waals surface area contributed by atoms with Gasteiger partial charge in [0.1, 0.15) is 6.61 Å². The van der Waals surface area contributed by atoms with Crippen molar-refractivity contribution in [3.63, 3.8) is 0 Å². The van der Waals surface area contributed by atoms with E-state index in [0.717, 1.165) is 0 Å². The molecule has 0 bridgehead atoms. The van der Waals surface area contributed by atoms with Crippen LogP contribution in [0, 0.1) is 0 Å². The molecule has 0 unspecified atom stereocenters. The van der Waals surface area contributed by atoms with Gasteiger partial charge in [-0.15, -0.1) is 0 Å². The van der Waals surface area contributed by atoms with Gasteiger partial charge in [-0.05, 0) is 32.0 Å². The zero-order chi connectivity index (χ0) is 15.1. The molecule has 0 heterocycles. The maximum absolute atomic E-state index is 11.4. The molecule has 0 radical (unpaired) electrons. The Bertz CT molecular complexity index is 519. The topological polar surface area (TPSA) is 61.8 Å². The Kier molecular flexibility index (Phi) is 5.77. The summed E-state index contributed by atoms with van der Waals surface area (Å²) in [4.78, 5) is 22.7. The van der Waals surface area contributed by atoms with Crippen molar-refractivity contribution in [2.45, 2.75) is 13.8 Å². The van der Waals surface area contributed by atoms with Gasteiger partial charge in [0.15, 0.2) is 17.3 Å². The van der Waals surface area contributed by atoms with Crippen molar-refractivity contribution in [1.29, 1.82) is 0 Å². The van der Waals surface area contributed by atoms with Crippen LogP contribution in [0.3, 0.4) is 0 Å². The third-order valence-electron chi connectivity index (χ3n) is 2.54. The lowest BCUT2D eigenvalue weighted by atomic mass is 10.1. The van der Waals surface area contributed by atoms with Crippen molar-refractivity contribution >= 4 is 11.8 Å². The van der Waals surface area contributed by atoms with Crippen LogP contribution < -0.4 is 9.47 Å². The second-order valence-electron chi connectivity index (χ2n) is 4.03. The molecule has 0 saturated heterocycles. The largest absolute Gasteiger partial charge is 0.493 e. The second-order valence-corrected chi connectivity index (χ2v) is 4.03. The summed E-state index contributed by atoms with van der Waals surface area (Å²) in [6.45, 7) is 7.06. The van der Waals surface area contributed by atoms with Gasteiger partial charge in [-0.1, -0.05) is 6.58 Å². The zero-order valence-electron chi connectivity index (χ0n) is 11.9. The Morgan fingerprint density at radius 2 is 1.95 bits per heavy atom. The number of ether oxygens (including phenoxy) is 3. The molecule has 0 aliphatic carbocycles. The highest BCUT2D eigenvalue weighted by atomic mass is 16.5. The maximum atomic E-state index is 11.4. The lowest BCUT2D eigenvalue weighted by Crippen LogP contribution is -2.13. The summed E-state index contributed by atoms with van der Waals surface area (Å²) in [6, 6.07) is 4.84. The lowest BCUT2D eigenvalue weighted by molar-refractivity contribution is -0.138. The third kappa shape index (κ3) is 4.12. The molecule has 1 rings (SSSR count). The molecule has 0 amide bonds. The molecule has 20 heavy (non-hydrogen) atoms. The van der Waals surface area contributed by atoms with Crippen molar-refractivity contribution in [2.24, 2.45) is 0 Å². The number of methoxy groups -OCH3 is 1. The number of hydrogen-bond donors (Lipinski definition) is 0. The molecular formula is C15H18O5. The number of Topliss-reactive ketones (excluding diaryl/α,β-unsaturated/α-hetero) is 1. The number of carbonyl (C=O) groups excluding carboxylic acids is 2. The van der Waals surface area contributed by atoms with E-state index in [0.29, 0.717) is 17.1 Å². The quantitative estimate of drug-likeness (QED) is 0.435. The number of benzene rings is 1. The van der Waals surface area contributed by atoms with Crippen LogP contribution in [0.1, 0.15) is 24.2 Å². The summed E-state index contributed by atoms with van der Waals surface area (Å²) >= 11 is 0. The predicted octanol–water partition coefficient (Wildman–Crippen LogP) is 2.40. The van der Waals surface area contributed by atoms with E-state index in [9.17, 15) is 9.59 Å². The number of carbonyl (C=O) groups is 2. The molecule has 0 aromatic heterocycles. The van der Waals surface area contributed by atoms with Crippen molar-refractivity contribution in [3.05, 3.63) is 35.9 Å². The fraction of sp³-hybridized carbons (Fsp3) is 0.333. The molecule has 1 aromatic carbocycles. The first-order valence-corrected chi connectivity index (χ1v) is 6.16. The molecule has 0 saturated carbocycles. The number of ketones is 1. The predicted molar refractivity (Wildman–Crippen MR) is 74.3 cm³/mol. The first-order valence-electron chi connectivity index (χ1n) is 6.16. The van der Waals surface area contributed by atoms with Crippen LogP contribution in [0.25, 0.3) is 0 Å². The second kappa shape index (κ2) is 7.33. The summed E-state index contributed by atoms with van der Waals surface area (Å²) in [5.41, 5.74) is 0.739. The van der Waals surface area contributed by atoms with E-state index in [-0.39, 0.29) is 24.6 Å². The fourth-order valence-corrected chi connectivity index (χ4v) is 1.46. The normalized spacial score (nSPS) is 9.75. The smallest absolute Gasteiger partial charge is 0.336 e. The first-order chi connectivity index (χ1) is 9.49. The minimum Gasteiger partial charge on any atom is -0.493 e. The van der Waals surface area contributed by atoms with Crippen LogP contribution in [0.2, 0.25) is 0 Å². The number of rotatable bonds is 7. The highest BCUT2D eigenvalue weighted by Crippen LogP contribution is 2.28. The summed E-state index contributed by atoms with van der Waals surface area (Å²) in [7, 11) is 1.48. The van der Waals surface area contributed by atoms with Crippen molar-refractivity contribution in [3.8, 4) is 11.5 Å². The summed E-state index contributed by atoms with van der Waals surface area (Å²) < 4.78 is 15.4. The zero-order valence-corrected chi connectivity index (χ0v) is 11.9. The molecule has 5 heteroatoms. The van der Waals surface area contributed by atoms with Gasteiger partial charge in [0, 0.05) is 5.56 Å². The van der Waals surface area contributed by atoms with Gasteiger partial charge >= 0.3 is 5.97 Å². The molecule has 0 aliphatic heterocycles. The summed E-state index contributed by atoms with van der Waals surface area (Å²) in [5, 5.41) is 0. The minimum atomic E-state index is -0.494. The molecule has 108 valence electrons. The Hall–Kier alpha value is -2.30. The standard InChI is InChI=1S/C15H18O5/c1-5-19-15(17)10(2)9-20-13-7-6-12(11(3)16)8-14(13)18-4/h6-8H,2,5,9H2,1,3-4H3. The Labute approximate surface area is 118 Å². The SMILES string of the molecule is C=C(COc1ccc(C(C)=O)cc1OC)C(=O)OCC. The van der Waals surface area contributed by atoms with Gasteiger partial charge in [-0.25, -0.2) is 4.79 Å². The van der Waals surface area contributed by atoms with Crippen molar-refractivity contribution in [2.75, 3.05) is 20.3 Å². The van der Waals surface area contributed by atoms with Crippen LogP contribution >= 0.6 is 0 Å². The third-order valence-corrected chi connectivity index (χ3v) is 2.54. The summed E-state index contributed by atoms with van der Waals surface area (Å²) in [5.74, 6) is 0.301. The van der Waals surface area contributed by atoms with Crippen LogP contribution in [-0.4, -0.2) is 32.1 Å². The molecule has 0 fully saturated rings. The van der Waals surface area contributed by atoms with E-state index < -0.39 is 5.97 Å². The van der Waals surface area contributed by atoms with E-state index in [1.165, 1.54) is 14.0 Å². The molecular weight excluding hydrogens is 260 g/mol. The molecule has 5 nitrogen and oxygen atoms in total. The van der Waals surface area contributed by atoms with Crippen LogP contribution in [-0.2, 0) is 9.53 Å². The molecule has 0 N–H and O–H groups in total. The molecule has 0 atom stereocenters. The average Bonchev–Trinajstić information content (AvgIpc) is 2.44. The highest BCUT2D eigenvalue weighted by Gasteiger charge is 2.12. The molecule has 1 aromatic rings. The monoisotopic (exact) mass is 278 g/mol. The van der Waals surface area contributed by atoms with Gasteiger partial charge in [-0.2, -0.15) is 0 Å². The summed E-state index contributed by atoms with van der Waals surface area (Å²) in [6.07, 6.45) is 0. The fourth-order valence-electron chi connectivity index (χ4n) is 1.46. The van der Waals surface area contributed by atoms with Crippen LogP contribution in [0.15, 0.2) is 30.4 Å². The van der Waals surface area contributed by atoms with Gasteiger partial charge in [0.25, 0.3) is 0 Å². The van der Waals surface area contributed by atoms with Gasteiger partial charge in [0.2, 0.25) is 0 Å². The lowest BCUT2D eigenvalue weighted by Gasteiger charge is -2.12. The number of esters is 1. The Balaban J connectivity index is 2.75. The van der Waals surface area contributed by atoms with E-state index in [4.69, 9.17) is 14.2 Å². The first kappa shape index (κ1) is 15.8. The van der Waals surface area contributed by atoms with Gasteiger partial charge in [0.05, 0.1) is 19.3 Å². The Morgan fingerprint density at radius 1 is 1.25 bits per heavy atom. The molecule has 0 spiro atoms. The van der Waals surface area contributed by atoms with Crippen LogP contribution in [0.5, 0.6) is 11.5 Å². The van der Waals surface area contributed by atoms with E-state index >= 15 is 0 Å². The molecule has 0 aliphatic rings. The van der Waals surface area contributed by atoms with Gasteiger partial charge in [-0.3, -0.25) is 4.79 Å². The minimum absolute atomic E-state index is 0.00535. The maximum Gasteiger partial charge on any atom is 0.336 e. The average molecular weight is 278 g/mol. The van der Waals surface area contributed by atoms with E-state index in [1.807, 2.05) is 0 Å². The van der Waals surface area contributed by atoms with Gasteiger partial charge < -0.3 is 14.2 Å². The van der Waals surface area contributed by atoms with E-state index in [1.54, 1.807) is 25.1 Å². The highest BCUT2D eigenvalue weighted by molar-refractivity contribution is 5.94. The Morgan fingerprint density at radius 3 is 2.50 bits per heavy atom. The van der Waals surface area contributed by atoms with Crippen molar-refractivity contribution in [1.82, 2.24) is 0 Å². The number of hydrogen-bond acceptors (Lipinski definition) is 5. The van der Waals surface area contributed by atoms with Crippen molar-refractivity contribution < 1.29 is 23.8 Å². The van der Waals surface area contributed by atoms with Crippen LogP contribution in [0.4, 0.5) is 0 Å². The van der Waals surface area contributed by atoms with E-state index in [2.05, 4.69) is 6.58 Å².